The smallest absolute Gasteiger partial charge is 0.252 e. The summed E-state index contributed by atoms with van der Waals surface area (Å²) in [6, 6.07) is 8.14. The van der Waals surface area contributed by atoms with E-state index in [4.69, 9.17) is 0 Å². The number of piperazine rings is 1. The molecule has 8 heteroatoms. The molecule has 3 rings (SSSR count). The van der Waals surface area contributed by atoms with E-state index in [0.29, 0.717) is 9.90 Å². The van der Waals surface area contributed by atoms with Gasteiger partial charge in [-0.05, 0) is 31.5 Å². The number of thiazole rings is 1. The number of quaternary nitrogens is 1. The summed E-state index contributed by atoms with van der Waals surface area (Å²) < 4.78 is 27.9. The summed E-state index contributed by atoms with van der Waals surface area (Å²) in [4.78, 5) is 8.14. The lowest BCUT2D eigenvalue weighted by molar-refractivity contribution is -0.880. The molecule has 1 aliphatic rings. The van der Waals surface area contributed by atoms with Gasteiger partial charge in [0, 0.05) is 12.2 Å². The van der Waals surface area contributed by atoms with Crippen LogP contribution < -0.4 is 14.5 Å². The second-order valence-corrected chi connectivity index (χ2v) is 9.71. The Morgan fingerprint density at radius 1 is 1.20 bits per heavy atom. The lowest BCUT2D eigenvalue weighted by atomic mass is 10.2. The van der Waals surface area contributed by atoms with Gasteiger partial charge in [0.2, 0.25) is 0 Å². The van der Waals surface area contributed by atoms with Crippen molar-refractivity contribution in [3.05, 3.63) is 40.5 Å². The van der Waals surface area contributed by atoms with Gasteiger partial charge >= 0.3 is 0 Å². The van der Waals surface area contributed by atoms with Crippen molar-refractivity contribution in [1.82, 2.24) is 9.71 Å². The highest BCUT2D eigenvalue weighted by Crippen LogP contribution is 2.23. The van der Waals surface area contributed by atoms with E-state index in [1.165, 1.54) is 17.0 Å². The van der Waals surface area contributed by atoms with Gasteiger partial charge in [-0.15, -0.1) is 11.3 Å². The number of sulfonamides is 1. The van der Waals surface area contributed by atoms with Crippen LogP contribution in [0.4, 0.5) is 5.69 Å². The molecule has 0 bridgehead atoms. The van der Waals surface area contributed by atoms with Crippen molar-refractivity contribution in [3.8, 4) is 0 Å². The third kappa shape index (κ3) is 4.38. The lowest BCUT2D eigenvalue weighted by Crippen LogP contribution is -3.12. The van der Waals surface area contributed by atoms with Gasteiger partial charge in [-0.1, -0.05) is 12.1 Å². The molecule has 2 N–H and O–H groups in total. The van der Waals surface area contributed by atoms with E-state index < -0.39 is 10.0 Å². The maximum Gasteiger partial charge on any atom is 0.252 e. The Morgan fingerprint density at radius 2 is 1.84 bits per heavy atom. The molecule has 2 aromatic rings. The number of aryl methyl sites for hydroxylation is 2. The normalized spacial score (nSPS) is 16.4. The molecule has 25 heavy (non-hydrogen) atoms. The highest BCUT2D eigenvalue weighted by atomic mass is 32.2. The number of likely N-dealkylation sites (N-methyl/N-ethyl adjacent to an activating group) is 1. The average molecular weight is 382 g/mol. The molecule has 0 spiro atoms. The zero-order valence-electron chi connectivity index (χ0n) is 14.9. The fourth-order valence-corrected chi connectivity index (χ4v) is 5.52. The molecule has 0 radical (unpaired) electrons. The summed E-state index contributed by atoms with van der Waals surface area (Å²) in [6.45, 7) is 8.24. The van der Waals surface area contributed by atoms with Crippen LogP contribution in [0.25, 0.3) is 0 Å². The van der Waals surface area contributed by atoms with E-state index in [1.807, 2.05) is 19.1 Å². The Balaban J connectivity index is 1.63. The first-order valence-electron chi connectivity index (χ1n) is 8.44. The quantitative estimate of drug-likeness (QED) is 0.795. The van der Waals surface area contributed by atoms with Crippen molar-refractivity contribution in [2.75, 3.05) is 38.1 Å². The topological polar surface area (TPSA) is 66.7 Å². The summed E-state index contributed by atoms with van der Waals surface area (Å²) in [7, 11) is -1.29. The van der Waals surface area contributed by atoms with Gasteiger partial charge in [0.05, 0.1) is 43.9 Å². The summed E-state index contributed by atoms with van der Waals surface area (Å²) in [6.07, 6.45) is 0. The van der Waals surface area contributed by atoms with E-state index in [2.05, 4.69) is 33.8 Å². The monoisotopic (exact) mass is 381 g/mol. The minimum absolute atomic E-state index is 0.284. The standard InChI is InChI=1S/C17H24N4O2S2/c1-13-17(24-14(2)19-13)25(22,23)18-12-15-4-6-16(7-5-15)21-10-8-20(3)9-11-21/h4-7,18H,8-12H2,1-3H3/p+1. The van der Waals surface area contributed by atoms with E-state index in [0.717, 1.165) is 36.8 Å². The number of anilines is 1. The predicted molar refractivity (Wildman–Crippen MR) is 101 cm³/mol. The largest absolute Gasteiger partial charge is 0.360 e. The molecule has 1 fully saturated rings. The number of nitrogens with one attached hydrogen (secondary N) is 2. The van der Waals surface area contributed by atoms with E-state index >= 15 is 0 Å². The molecule has 1 saturated heterocycles. The Kier molecular flexibility index (Phi) is 5.43. The van der Waals surface area contributed by atoms with Crippen LogP contribution in [0.2, 0.25) is 0 Å². The Labute approximate surface area is 153 Å². The van der Waals surface area contributed by atoms with Crippen molar-refractivity contribution in [2.24, 2.45) is 0 Å². The van der Waals surface area contributed by atoms with Crippen LogP contribution in [-0.2, 0) is 16.6 Å². The highest BCUT2D eigenvalue weighted by molar-refractivity contribution is 7.91. The maximum absolute atomic E-state index is 12.4. The van der Waals surface area contributed by atoms with Crippen LogP contribution in [0, 0.1) is 13.8 Å². The van der Waals surface area contributed by atoms with Gasteiger partial charge in [-0.3, -0.25) is 0 Å². The van der Waals surface area contributed by atoms with Crippen molar-refractivity contribution in [1.29, 1.82) is 0 Å². The second kappa shape index (κ2) is 7.41. The van der Waals surface area contributed by atoms with Crippen molar-refractivity contribution >= 4 is 27.0 Å². The molecule has 6 nitrogen and oxygen atoms in total. The van der Waals surface area contributed by atoms with Crippen molar-refractivity contribution in [2.45, 2.75) is 24.6 Å². The van der Waals surface area contributed by atoms with Gasteiger partial charge in [0.25, 0.3) is 10.0 Å². The van der Waals surface area contributed by atoms with Gasteiger partial charge in [0.15, 0.2) is 4.21 Å². The molecule has 0 amide bonds. The summed E-state index contributed by atoms with van der Waals surface area (Å²) in [5.41, 5.74) is 2.71. The molecule has 0 saturated carbocycles. The Hall–Kier alpha value is -1.48. The van der Waals surface area contributed by atoms with Crippen LogP contribution in [0.1, 0.15) is 16.3 Å². The first-order valence-corrected chi connectivity index (χ1v) is 10.7. The van der Waals surface area contributed by atoms with Crippen LogP contribution in [-0.4, -0.2) is 46.6 Å². The highest BCUT2D eigenvalue weighted by Gasteiger charge is 2.21. The first kappa shape index (κ1) is 18.3. The number of rotatable bonds is 5. The number of hydrogen-bond acceptors (Lipinski definition) is 5. The zero-order valence-corrected chi connectivity index (χ0v) is 16.5. The molecule has 2 heterocycles. The molecule has 0 atom stereocenters. The summed E-state index contributed by atoms with van der Waals surface area (Å²) in [5, 5.41) is 0.760. The van der Waals surface area contributed by atoms with Gasteiger partial charge in [-0.2, -0.15) is 0 Å². The third-order valence-corrected chi connectivity index (χ3v) is 7.57. The van der Waals surface area contributed by atoms with Gasteiger partial charge in [-0.25, -0.2) is 18.1 Å². The SMILES string of the molecule is Cc1nc(C)c(S(=O)(=O)NCc2ccc(N3CC[NH+](C)CC3)cc2)s1. The Morgan fingerprint density at radius 3 is 2.40 bits per heavy atom. The lowest BCUT2D eigenvalue weighted by Gasteiger charge is -2.31. The van der Waals surface area contributed by atoms with Gasteiger partial charge < -0.3 is 9.80 Å². The van der Waals surface area contributed by atoms with E-state index in [1.54, 1.807) is 11.8 Å². The fourth-order valence-electron chi connectivity index (χ4n) is 2.98. The van der Waals surface area contributed by atoms with Crippen molar-refractivity contribution in [3.63, 3.8) is 0 Å². The molecule has 1 aromatic carbocycles. The second-order valence-electron chi connectivity index (χ2n) is 6.54. The summed E-state index contributed by atoms with van der Waals surface area (Å²) in [5.74, 6) is 0. The predicted octanol–water partition coefficient (Wildman–Crippen LogP) is 0.573. The third-order valence-electron chi connectivity index (χ3n) is 4.49. The molecule has 1 aliphatic heterocycles. The minimum Gasteiger partial charge on any atom is -0.360 e. The van der Waals surface area contributed by atoms with Crippen molar-refractivity contribution < 1.29 is 13.3 Å². The van der Waals surface area contributed by atoms with Gasteiger partial charge in [0.1, 0.15) is 0 Å². The maximum atomic E-state index is 12.4. The van der Waals surface area contributed by atoms with Crippen LogP contribution in [0.5, 0.6) is 0 Å². The average Bonchev–Trinajstić information content (AvgIpc) is 2.94. The minimum atomic E-state index is -3.51. The van der Waals surface area contributed by atoms with Crippen LogP contribution in [0.15, 0.2) is 28.5 Å². The molecule has 136 valence electrons. The van der Waals surface area contributed by atoms with E-state index in [9.17, 15) is 8.42 Å². The number of aromatic nitrogens is 1. The fraction of sp³-hybridized carbons (Fsp3) is 0.471. The number of benzene rings is 1. The number of nitrogens with zero attached hydrogens (tertiary/aromatic N) is 2. The molecule has 0 unspecified atom stereocenters. The number of hydrogen-bond donors (Lipinski definition) is 2. The summed E-state index contributed by atoms with van der Waals surface area (Å²) >= 11 is 1.21. The van der Waals surface area contributed by atoms with E-state index in [-0.39, 0.29) is 6.54 Å². The van der Waals surface area contributed by atoms with Crippen LogP contribution in [0.3, 0.4) is 0 Å². The first-order chi connectivity index (χ1) is 11.8. The van der Waals surface area contributed by atoms with Crippen LogP contribution >= 0.6 is 11.3 Å². The zero-order chi connectivity index (χ0) is 18.0. The Bertz CT molecular complexity index is 823. The molecule has 1 aromatic heterocycles. The molecular formula is C17H25N4O2S2+. The molecular weight excluding hydrogens is 356 g/mol. The molecule has 0 aliphatic carbocycles.